The predicted molar refractivity (Wildman–Crippen MR) is 81.6 cm³/mol. The number of nitrogens with one attached hydrogen (secondary N) is 1. The van der Waals surface area contributed by atoms with E-state index in [9.17, 15) is 4.79 Å². The predicted octanol–water partition coefficient (Wildman–Crippen LogP) is 1.56. The molecule has 0 aromatic carbocycles. The van der Waals surface area contributed by atoms with Crippen LogP contribution in [0.3, 0.4) is 0 Å². The summed E-state index contributed by atoms with van der Waals surface area (Å²) in [6, 6.07) is -0.617. The van der Waals surface area contributed by atoms with Crippen molar-refractivity contribution >= 4 is 5.91 Å². The van der Waals surface area contributed by atoms with Crippen LogP contribution in [0.1, 0.15) is 64.1 Å². The topological polar surface area (TPSA) is 85.8 Å². The van der Waals surface area contributed by atoms with Gasteiger partial charge in [0.05, 0.1) is 12.1 Å². The van der Waals surface area contributed by atoms with Crippen molar-refractivity contribution in [3.8, 4) is 0 Å². The van der Waals surface area contributed by atoms with Gasteiger partial charge in [0.25, 0.3) is 0 Å². The molecule has 1 aromatic rings. The summed E-state index contributed by atoms with van der Waals surface area (Å²) in [6.45, 7) is 7.02. The lowest BCUT2D eigenvalue weighted by molar-refractivity contribution is -0.123. The van der Waals surface area contributed by atoms with Crippen molar-refractivity contribution in [3.05, 3.63) is 11.6 Å². The van der Waals surface area contributed by atoms with E-state index in [-0.39, 0.29) is 11.9 Å². The molecule has 0 spiro atoms. The molecule has 1 aliphatic heterocycles. The van der Waals surface area contributed by atoms with E-state index in [4.69, 9.17) is 5.73 Å². The van der Waals surface area contributed by atoms with Gasteiger partial charge in [-0.1, -0.05) is 20.3 Å². The Bertz CT molecular complexity index is 482. The van der Waals surface area contributed by atoms with E-state index in [1.54, 1.807) is 0 Å². The molecule has 1 unspecified atom stereocenters. The summed E-state index contributed by atoms with van der Waals surface area (Å²) in [5.74, 6) is 2.18. The van der Waals surface area contributed by atoms with Crippen LogP contribution in [0.5, 0.6) is 0 Å². The normalized spacial score (nSPS) is 18.0. The van der Waals surface area contributed by atoms with Gasteiger partial charge in [0, 0.05) is 13.0 Å². The highest BCUT2D eigenvalue weighted by molar-refractivity contribution is 5.81. The SMILES string of the molecule is CC(C)C[C@H](N)C(=O)NC(C)c1nnc2n1CCCCC2. The molecular weight excluding hydrogens is 266 g/mol. The van der Waals surface area contributed by atoms with Gasteiger partial charge in [-0.15, -0.1) is 10.2 Å². The monoisotopic (exact) mass is 293 g/mol. The first-order valence-corrected chi connectivity index (χ1v) is 7.97. The maximum Gasteiger partial charge on any atom is 0.237 e. The second-order valence-corrected chi connectivity index (χ2v) is 6.40. The van der Waals surface area contributed by atoms with Gasteiger partial charge in [-0.05, 0) is 32.1 Å². The number of aromatic nitrogens is 3. The molecule has 0 aliphatic carbocycles. The third kappa shape index (κ3) is 4.03. The molecule has 0 saturated heterocycles. The van der Waals surface area contributed by atoms with Crippen molar-refractivity contribution in [1.82, 2.24) is 20.1 Å². The zero-order valence-electron chi connectivity index (χ0n) is 13.3. The highest BCUT2D eigenvalue weighted by Crippen LogP contribution is 2.18. The summed E-state index contributed by atoms with van der Waals surface area (Å²) in [4.78, 5) is 12.1. The second kappa shape index (κ2) is 7.02. The molecular formula is C15H27N5O. The van der Waals surface area contributed by atoms with Crippen molar-refractivity contribution in [1.29, 1.82) is 0 Å². The minimum Gasteiger partial charge on any atom is -0.345 e. The number of carbonyl (C=O) groups is 1. The average Bonchev–Trinajstić information content (AvgIpc) is 2.67. The number of fused-ring (bicyclic) bond motifs is 1. The van der Waals surface area contributed by atoms with Crippen molar-refractivity contribution in [2.24, 2.45) is 11.7 Å². The molecule has 6 nitrogen and oxygen atoms in total. The van der Waals surface area contributed by atoms with Gasteiger partial charge in [-0.25, -0.2) is 0 Å². The first-order valence-electron chi connectivity index (χ1n) is 7.97. The molecule has 3 N–H and O–H groups in total. The second-order valence-electron chi connectivity index (χ2n) is 6.40. The Hall–Kier alpha value is -1.43. The molecule has 2 rings (SSSR count). The van der Waals surface area contributed by atoms with Crippen LogP contribution in [-0.2, 0) is 17.8 Å². The zero-order chi connectivity index (χ0) is 15.4. The Kier molecular flexibility index (Phi) is 5.33. The van der Waals surface area contributed by atoms with Gasteiger partial charge in [0.1, 0.15) is 5.82 Å². The molecule has 1 aliphatic rings. The maximum absolute atomic E-state index is 12.1. The molecule has 1 aromatic heterocycles. The van der Waals surface area contributed by atoms with Gasteiger partial charge in [0.2, 0.25) is 5.91 Å². The van der Waals surface area contributed by atoms with Crippen molar-refractivity contribution < 1.29 is 4.79 Å². The van der Waals surface area contributed by atoms with Crippen LogP contribution in [-0.4, -0.2) is 26.7 Å². The minimum absolute atomic E-state index is 0.109. The molecule has 0 saturated carbocycles. The number of hydrogen-bond acceptors (Lipinski definition) is 4. The van der Waals surface area contributed by atoms with Gasteiger partial charge < -0.3 is 15.6 Å². The lowest BCUT2D eigenvalue weighted by atomic mass is 10.0. The number of aryl methyl sites for hydroxylation is 1. The van der Waals surface area contributed by atoms with Crippen LogP contribution in [0.2, 0.25) is 0 Å². The van der Waals surface area contributed by atoms with E-state index in [1.807, 2.05) is 6.92 Å². The summed E-state index contributed by atoms with van der Waals surface area (Å²) in [6.07, 6.45) is 5.20. The standard InChI is InChI=1S/C15H27N5O/c1-10(2)9-12(16)15(21)17-11(3)14-19-18-13-7-5-4-6-8-20(13)14/h10-12H,4-9,16H2,1-3H3,(H,17,21)/t11?,12-/m0/s1. The lowest BCUT2D eigenvalue weighted by Crippen LogP contribution is -2.42. The highest BCUT2D eigenvalue weighted by atomic mass is 16.2. The Morgan fingerprint density at radius 1 is 1.29 bits per heavy atom. The smallest absolute Gasteiger partial charge is 0.237 e. The number of amides is 1. The largest absolute Gasteiger partial charge is 0.345 e. The molecule has 6 heteroatoms. The van der Waals surface area contributed by atoms with E-state index in [0.717, 1.165) is 37.5 Å². The molecule has 118 valence electrons. The Morgan fingerprint density at radius 3 is 2.76 bits per heavy atom. The summed E-state index contributed by atoms with van der Waals surface area (Å²) in [5, 5.41) is 11.5. The average molecular weight is 293 g/mol. The first kappa shape index (κ1) is 15.9. The zero-order valence-corrected chi connectivity index (χ0v) is 13.3. The molecule has 0 bridgehead atoms. The highest BCUT2D eigenvalue weighted by Gasteiger charge is 2.23. The lowest BCUT2D eigenvalue weighted by Gasteiger charge is -2.19. The van der Waals surface area contributed by atoms with Crippen LogP contribution in [0.15, 0.2) is 0 Å². The van der Waals surface area contributed by atoms with Crippen LogP contribution in [0, 0.1) is 5.92 Å². The fraction of sp³-hybridized carbons (Fsp3) is 0.800. The van der Waals surface area contributed by atoms with Gasteiger partial charge >= 0.3 is 0 Å². The van der Waals surface area contributed by atoms with Gasteiger partial charge in [0.15, 0.2) is 5.82 Å². The van der Waals surface area contributed by atoms with Gasteiger partial charge in [-0.2, -0.15) is 0 Å². The van der Waals surface area contributed by atoms with Crippen molar-refractivity contribution in [3.63, 3.8) is 0 Å². The van der Waals surface area contributed by atoms with E-state index in [0.29, 0.717) is 12.3 Å². The number of nitrogens with two attached hydrogens (primary N) is 1. The Morgan fingerprint density at radius 2 is 2.05 bits per heavy atom. The molecule has 0 fully saturated rings. The number of rotatable bonds is 5. The number of hydrogen-bond donors (Lipinski definition) is 2. The van der Waals surface area contributed by atoms with Crippen LogP contribution in [0.4, 0.5) is 0 Å². The third-order valence-corrected chi connectivity index (χ3v) is 3.95. The third-order valence-electron chi connectivity index (χ3n) is 3.95. The summed E-state index contributed by atoms with van der Waals surface area (Å²) in [7, 11) is 0. The van der Waals surface area contributed by atoms with Gasteiger partial charge in [-0.3, -0.25) is 4.79 Å². The van der Waals surface area contributed by atoms with Crippen LogP contribution >= 0.6 is 0 Å². The quantitative estimate of drug-likeness (QED) is 0.862. The molecule has 2 atom stereocenters. The first-order chi connectivity index (χ1) is 9.99. The van der Waals surface area contributed by atoms with E-state index in [1.165, 1.54) is 6.42 Å². The maximum atomic E-state index is 12.1. The molecule has 1 amide bonds. The molecule has 0 radical (unpaired) electrons. The fourth-order valence-corrected chi connectivity index (χ4v) is 2.83. The Labute approximate surface area is 126 Å². The van der Waals surface area contributed by atoms with Crippen molar-refractivity contribution in [2.75, 3.05) is 0 Å². The molecule has 21 heavy (non-hydrogen) atoms. The van der Waals surface area contributed by atoms with E-state index < -0.39 is 6.04 Å². The van der Waals surface area contributed by atoms with E-state index >= 15 is 0 Å². The summed E-state index contributed by atoms with van der Waals surface area (Å²) < 4.78 is 2.16. The van der Waals surface area contributed by atoms with Crippen LogP contribution < -0.4 is 11.1 Å². The summed E-state index contributed by atoms with van der Waals surface area (Å²) >= 11 is 0. The van der Waals surface area contributed by atoms with Crippen molar-refractivity contribution in [2.45, 2.75) is 71.5 Å². The van der Waals surface area contributed by atoms with Crippen LogP contribution in [0.25, 0.3) is 0 Å². The number of nitrogens with zero attached hydrogens (tertiary/aromatic N) is 3. The fourth-order valence-electron chi connectivity index (χ4n) is 2.83. The summed E-state index contributed by atoms with van der Waals surface area (Å²) in [5.41, 5.74) is 5.93. The molecule has 2 heterocycles. The minimum atomic E-state index is -0.459. The van der Waals surface area contributed by atoms with E-state index in [2.05, 4.69) is 33.9 Å². The Balaban J connectivity index is 2.02. The number of carbonyl (C=O) groups excluding carboxylic acids is 1.